The first-order chi connectivity index (χ1) is 12.5. The average Bonchev–Trinajstić information content (AvgIpc) is 3.11. The third-order valence-electron chi connectivity index (χ3n) is 4.60. The summed E-state index contributed by atoms with van der Waals surface area (Å²) in [6.45, 7) is 6.48. The van der Waals surface area contributed by atoms with Gasteiger partial charge in [-0.15, -0.1) is 0 Å². The summed E-state index contributed by atoms with van der Waals surface area (Å²) in [4.78, 5) is 6.79. The molecule has 1 saturated heterocycles. The average molecular weight is 395 g/mol. The quantitative estimate of drug-likeness (QED) is 0.722. The van der Waals surface area contributed by atoms with E-state index in [-0.39, 0.29) is 5.75 Å². The van der Waals surface area contributed by atoms with Crippen LogP contribution in [0.3, 0.4) is 0 Å². The number of aromatic nitrogens is 2. The van der Waals surface area contributed by atoms with Gasteiger partial charge in [-0.2, -0.15) is 8.68 Å². The second-order valence-electron chi connectivity index (χ2n) is 6.71. The highest BCUT2D eigenvalue weighted by Crippen LogP contribution is 2.21. The van der Waals surface area contributed by atoms with Crippen LogP contribution in [-0.2, 0) is 16.4 Å². The monoisotopic (exact) mass is 394 g/mol. The van der Waals surface area contributed by atoms with E-state index < -0.39 is 10.0 Å². The van der Waals surface area contributed by atoms with Crippen LogP contribution in [0.4, 0.5) is 5.13 Å². The first kappa shape index (κ1) is 19.3. The van der Waals surface area contributed by atoms with Crippen molar-refractivity contribution in [2.75, 3.05) is 36.8 Å². The summed E-state index contributed by atoms with van der Waals surface area (Å²) in [6.07, 6.45) is 2.34. The Morgan fingerprint density at radius 1 is 1.12 bits per heavy atom. The van der Waals surface area contributed by atoms with Gasteiger partial charge in [0.25, 0.3) is 0 Å². The molecule has 0 spiro atoms. The first-order valence-corrected chi connectivity index (χ1v) is 11.5. The Morgan fingerprint density at radius 2 is 1.81 bits per heavy atom. The summed E-state index contributed by atoms with van der Waals surface area (Å²) in [5.74, 6) is 1.08. The molecule has 0 amide bonds. The van der Waals surface area contributed by atoms with E-state index in [1.54, 1.807) is 4.31 Å². The Morgan fingerprint density at radius 3 is 2.46 bits per heavy atom. The standard InChI is InChI=1S/C18H26N4O2S2/c1-3-4-13-26(23,24)22-11-9-21(10-12-22)18-19-17(20-25-18)14-16-7-5-15(2)6-8-16/h5-8H,3-4,9-14H2,1-2H3. The molecule has 0 unspecified atom stereocenters. The van der Waals surface area contributed by atoms with Crippen molar-refractivity contribution < 1.29 is 8.42 Å². The van der Waals surface area contributed by atoms with Crippen LogP contribution in [0.15, 0.2) is 24.3 Å². The van der Waals surface area contributed by atoms with Crippen molar-refractivity contribution in [3.63, 3.8) is 0 Å². The van der Waals surface area contributed by atoms with Gasteiger partial charge in [-0.1, -0.05) is 43.2 Å². The third-order valence-corrected chi connectivity index (χ3v) is 7.37. The lowest BCUT2D eigenvalue weighted by molar-refractivity contribution is 0.384. The molecule has 0 aliphatic carbocycles. The molecule has 3 rings (SSSR count). The Hall–Kier alpha value is -1.51. The zero-order chi connectivity index (χ0) is 18.6. The van der Waals surface area contributed by atoms with E-state index in [2.05, 4.69) is 45.4 Å². The van der Waals surface area contributed by atoms with Gasteiger partial charge in [0.2, 0.25) is 15.2 Å². The Labute approximate surface area is 160 Å². The van der Waals surface area contributed by atoms with E-state index in [4.69, 9.17) is 0 Å². The van der Waals surface area contributed by atoms with Crippen LogP contribution in [0, 0.1) is 6.92 Å². The lowest BCUT2D eigenvalue weighted by Gasteiger charge is -2.33. The van der Waals surface area contributed by atoms with Crippen LogP contribution in [0.25, 0.3) is 0 Å². The zero-order valence-electron chi connectivity index (χ0n) is 15.4. The lowest BCUT2D eigenvalue weighted by atomic mass is 10.1. The summed E-state index contributed by atoms with van der Waals surface area (Å²) in [5.41, 5.74) is 2.44. The number of piperazine rings is 1. The molecule has 1 fully saturated rings. The number of rotatable bonds is 7. The predicted molar refractivity (Wildman–Crippen MR) is 106 cm³/mol. The number of sulfonamides is 1. The van der Waals surface area contributed by atoms with E-state index in [0.29, 0.717) is 26.2 Å². The largest absolute Gasteiger partial charge is 0.344 e. The second-order valence-corrected chi connectivity index (χ2v) is 9.53. The van der Waals surface area contributed by atoms with E-state index in [1.807, 2.05) is 6.92 Å². The molecular formula is C18H26N4O2S2. The summed E-state index contributed by atoms with van der Waals surface area (Å²) >= 11 is 1.40. The minimum absolute atomic E-state index is 0.253. The fourth-order valence-electron chi connectivity index (χ4n) is 2.95. The maximum Gasteiger partial charge on any atom is 0.214 e. The molecule has 1 aromatic heterocycles. The van der Waals surface area contributed by atoms with Gasteiger partial charge in [-0.05, 0) is 18.9 Å². The summed E-state index contributed by atoms with van der Waals surface area (Å²) in [5, 5.41) is 0.887. The van der Waals surface area contributed by atoms with Crippen molar-refractivity contribution in [2.24, 2.45) is 0 Å². The summed E-state index contributed by atoms with van der Waals surface area (Å²) in [6, 6.07) is 8.41. The number of unbranched alkanes of at least 4 members (excludes halogenated alkanes) is 1. The van der Waals surface area contributed by atoms with Crippen molar-refractivity contribution in [1.82, 2.24) is 13.7 Å². The highest BCUT2D eigenvalue weighted by molar-refractivity contribution is 7.89. The van der Waals surface area contributed by atoms with Crippen LogP contribution in [-0.4, -0.2) is 54.0 Å². The Kier molecular flexibility index (Phi) is 6.26. The molecule has 1 aromatic carbocycles. The van der Waals surface area contributed by atoms with E-state index in [0.717, 1.165) is 30.2 Å². The van der Waals surface area contributed by atoms with E-state index >= 15 is 0 Å². The molecule has 0 radical (unpaired) electrons. The molecule has 8 heteroatoms. The molecule has 142 valence electrons. The van der Waals surface area contributed by atoms with Gasteiger partial charge in [-0.3, -0.25) is 0 Å². The SMILES string of the molecule is CCCCS(=O)(=O)N1CCN(c2nc(Cc3ccc(C)cc3)ns2)CC1. The van der Waals surface area contributed by atoms with E-state index in [1.165, 1.54) is 22.7 Å². The van der Waals surface area contributed by atoms with Gasteiger partial charge in [0.1, 0.15) is 5.82 Å². The number of aryl methyl sites for hydroxylation is 1. The van der Waals surface area contributed by atoms with Crippen LogP contribution >= 0.6 is 11.5 Å². The number of hydrogen-bond donors (Lipinski definition) is 0. The Bertz CT molecular complexity index is 810. The van der Waals surface area contributed by atoms with Crippen LogP contribution in [0.5, 0.6) is 0 Å². The molecular weight excluding hydrogens is 368 g/mol. The smallest absolute Gasteiger partial charge is 0.214 e. The molecule has 1 aliphatic rings. The minimum atomic E-state index is -3.12. The summed E-state index contributed by atoms with van der Waals surface area (Å²) < 4.78 is 30.7. The highest BCUT2D eigenvalue weighted by Gasteiger charge is 2.27. The van der Waals surface area contributed by atoms with Crippen molar-refractivity contribution in [2.45, 2.75) is 33.1 Å². The van der Waals surface area contributed by atoms with Crippen molar-refractivity contribution in [3.05, 3.63) is 41.2 Å². The summed E-state index contributed by atoms with van der Waals surface area (Å²) in [7, 11) is -3.12. The van der Waals surface area contributed by atoms with Crippen LogP contribution in [0.1, 0.15) is 36.7 Å². The van der Waals surface area contributed by atoms with Crippen LogP contribution < -0.4 is 4.90 Å². The van der Waals surface area contributed by atoms with Crippen LogP contribution in [0.2, 0.25) is 0 Å². The molecule has 26 heavy (non-hydrogen) atoms. The number of anilines is 1. The molecule has 0 N–H and O–H groups in total. The fraction of sp³-hybridized carbons (Fsp3) is 0.556. The topological polar surface area (TPSA) is 66.4 Å². The van der Waals surface area contributed by atoms with Gasteiger partial charge in [0.15, 0.2) is 0 Å². The number of hydrogen-bond acceptors (Lipinski definition) is 6. The van der Waals surface area contributed by atoms with Gasteiger partial charge in [0, 0.05) is 44.1 Å². The molecule has 2 heterocycles. The normalized spacial score (nSPS) is 16.2. The minimum Gasteiger partial charge on any atom is -0.344 e. The number of benzene rings is 1. The molecule has 1 aliphatic heterocycles. The van der Waals surface area contributed by atoms with Gasteiger partial charge >= 0.3 is 0 Å². The third kappa shape index (κ3) is 4.81. The number of nitrogens with zero attached hydrogens (tertiary/aromatic N) is 4. The van der Waals surface area contributed by atoms with Crippen molar-refractivity contribution >= 4 is 26.7 Å². The molecule has 2 aromatic rings. The van der Waals surface area contributed by atoms with Gasteiger partial charge < -0.3 is 4.90 Å². The fourth-order valence-corrected chi connectivity index (χ4v) is 5.31. The Balaban J connectivity index is 1.57. The predicted octanol–water partition coefficient (Wildman–Crippen LogP) is 2.69. The zero-order valence-corrected chi connectivity index (χ0v) is 17.0. The molecule has 0 saturated carbocycles. The molecule has 0 bridgehead atoms. The highest BCUT2D eigenvalue weighted by atomic mass is 32.2. The lowest BCUT2D eigenvalue weighted by Crippen LogP contribution is -2.49. The van der Waals surface area contributed by atoms with Crippen molar-refractivity contribution in [1.29, 1.82) is 0 Å². The maximum atomic E-state index is 12.3. The molecule has 6 nitrogen and oxygen atoms in total. The maximum absolute atomic E-state index is 12.3. The first-order valence-electron chi connectivity index (χ1n) is 9.09. The molecule has 0 atom stereocenters. The van der Waals surface area contributed by atoms with Gasteiger partial charge in [0.05, 0.1) is 5.75 Å². The van der Waals surface area contributed by atoms with E-state index in [9.17, 15) is 8.42 Å². The van der Waals surface area contributed by atoms with Gasteiger partial charge in [-0.25, -0.2) is 13.4 Å². The second kappa shape index (κ2) is 8.45. The van der Waals surface area contributed by atoms with Crippen molar-refractivity contribution in [3.8, 4) is 0 Å².